The predicted molar refractivity (Wildman–Crippen MR) is 94.3 cm³/mol. The van der Waals surface area contributed by atoms with Gasteiger partial charge in [-0.1, -0.05) is 25.5 Å². The van der Waals surface area contributed by atoms with Gasteiger partial charge in [0.1, 0.15) is 0 Å². The molecule has 1 aliphatic heterocycles. The van der Waals surface area contributed by atoms with Crippen molar-refractivity contribution in [3.63, 3.8) is 0 Å². The molecule has 0 spiro atoms. The third-order valence-corrected chi connectivity index (χ3v) is 6.13. The SMILES string of the molecule is CCSC1CCCC1NCc1ccc(N2CCCC2)cc1. The molecule has 21 heavy (non-hydrogen) atoms. The minimum atomic E-state index is 0.716. The molecule has 1 aliphatic carbocycles. The second-order valence-electron chi connectivity index (χ2n) is 6.27. The standard InChI is InChI=1S/C18H28N2S/c1-2-21-18-7-5-6-17(18)19-14-15-8-10-16(11-9-15)20-12-3-4-13-20/h8-11,17-19H,2-7,12-14H2,1H3. The third kappa shape index (κ3) is 3.95. The van der Waals surface area contributed by atoms with Gasteiger partial charge >= 0.3 is 0 Å². The molecule has 3 heteroatoms. The number of anilines is 1. The molecule has 1 aromatic rings. The fourth-order valence-electron chi connectivity index (χ4n) is 3.62. The lowest BCUT2D eigenvalue weighted by atomic mass is 10.1. The van der Waals surface area contributed by atoms with Gasteiger partial charge in [0.05, 0.1) is 0 Å². The summed E-state index contributed by atoms with van der Waals surface area (Å²) in [6.45, 7) is 5.76. The molecule has 2 fully saturated rings. The van der Waals surface area contributed by atoms with E-state index >= 15 is 0 Å². The average Bonchev–Trinajstić information content (AvgIpc) is 3.18. The van der Waals surface area contributed by atoms with Crippen molar-refractivity contribution in [1.29, 1.82) is 0 Å². The van der Waals surface area contributed by atoms with E-state index in [1.165, 1.54) is 62.2 Å². The van der Waals surface area contributed by atoms with Gasteiger partial charge in [0, 0.05) is 36.6 Å². The van der Waals surface area contributed by atoms with Gasteiger partial charge in [-0.25, -0.2) is 0 Å². The van der Waals surface area contributed by atoms with Crippen LogP contribution in [-0.2, 0) is 6.54 Å². The molecule has 0 radical (unpaired) electrons. The summed E-state index contributed by atoms with van der Waals surface area (Å²) in [5, 5.41) is 4.62. The smallest absolute Gasteiger partial charge is 0.0366 e. The van der Waals surface area contributed by atoms with Crippen LogP contribution in [0.2, 0.25) is 0 Å². The highest BCUT2D eigenvalue weighted by Crippen LogP contribution is 2.30. The number of nitrogens with one attached hydrogen (secondary N) is 1. The van der Waals surface area contributed by atoms with Gasteiger partial charge in [-0.2, -0.15) is 11.8 Å². The molecule has 1 heterocycles. The summed E-state index contributed by atoms with van der Waals surface area (Å²) in [5.74, 6) is 1.24. The average molecular weight is 305 g/mol. The topological polar surface area (TPSA) is 15.3 Å². The van der Waals surface area contributed by atoms with Crippen LogP contribution in [-0.4, -0.2) is 30.1 Å². The monoisotopic (exact) mass is 304 g/mol. The van der Waals surface area contributed by atoms with Crippen molar-refractivity contribution in [2.24, 2.45) is 0 Å². The zero-order valence-electron chi connectivity index (χ0n) is 13.2. The summed E-state index contributed by atoms with van der Waals surface area (Å²) in [6.07, 6.45) is 6.83. The molecule has 116 valence electrons. The Hall–Kier alpha value is -0.670. The molecule has 1 aromatic carbocycles. The van der Waals surface area contributed by atoms with Gasteiger partial charge in [-0.05, 0) is 49.1 Å². The minimum absolute atomic E-state index is 0.716. The Bertz CT molecular complexity index is 425. The van der Waals surface area contributed by atoms with Crippen LogP contribution in [0.4, 0.5) is 5.69 Å². The molecule has 1 saturated carbocycles. The molecule has 2 atom stereocenters. The van der Waals surface area contributed by atoms with Crippen LogP contribution >= 0.6 is 11.8 Å². The summed E-state index contributed by atoms with van der Waals surface area (Å²) in [4.78, 5) is 2.50. The highest BCUT2D eigenvalue weighted by molar-refractivity contribution is 7.99. The lowest BCUT2D eigenvalue weighted by molar-refractivity contribution is 0.532. The van der Waals surface area contributed by atoms with Crippen LogP contribution in [0.1, 0.15) is 44.6 Å². The van der Waals surface area contributed by atoms with Crippen LogP contribution in [0.15, 0.2) is 24.3 Å². The molecule has 3 rings (SSSR count). The zero-order valence-corrected chi connectivity index (χ0v) is 14.0. The summed E-state index contributed by atoms with van der Waals surface area (Å²) < 4.78 is 0. The normalized spacial score (nSPS) is 25.7. The van der Waals surface area contributed by atoms with E-state index in [-0.39, 0.29) is 0 Å². The van der Waals surface area contributed by atoms with Gasteiger partial charge in [0.2, 0.25) is 0 Å². The quantitative estimate of drug-likeness (QED) is 0.853. The molecule has 1 N–H and O–H groups in total. The first-order valence-corrected chi connectivity index (χ1v) is 9.60. The van der Waals surface area contributed by atoms with E-state index in [9.17, 15) is 0 Å². The summed E-state index contributed by atoms with van der Waals surface area (Å²) in [5.41, 5.74) is 2.82. The van der Waals surface area contributed by atoms with Gasteiger partial charge in [0.25, 0.3) is 0 Å². The van der Waals surface area contributed by atoms with Crippen molar-refractivity contribution < 1.29 is 0 Å². The molecular formula is C18H28N2S. The third-order valence-electron chi connectivity index (χ3n) is 4.81. The van der Waals surface area contributed by atoms with E-state index in [2.05, 4.69) is 53.2 Å². The van der Waals surface area contributed by atoms with E-state index < -0.39 is 0 Å². The molecular weight excluding hydrogens is 276 g/mol. The Kier molecular flexibility index (Phi) is 5.48. The fraction of sp³-hybridized carbons (Fsp3) is 0.667. The zero-order chi connectivity index (χ0) is 14.5. The Balaban J connectivity index is 1.51. The summed E-state index contributed by atoms with van der Waals surface area (Å²) >= 11 is 2.13. The van der Waals surface area contributed by atoms with Crippen molar-refractivity contribution in [2.75, 3.05) is 23.7 Å². The van der Waals surface area contributed by atoms with E-state index in [0.29, 0.717) is 6.04 Å². The van der Waals surface area contributed by atoms with E-state index in [4.69, 9.17) is 0 Å². The predicted octanol–water partition coefficient (Wildman–Crippen LogP) is 4.05. The van der Waals surface area contributed by atoms with Crippen molar-refractivity contribution >= 4 is 17.4 Å². The van der Waals surface area contributed by atoms with Crippen molar-refractivity contribution in [3.05, 3.63) is 29.8 Å². The molecule has 1 saturated heterocycles. The van der Waals surface area contributed by atoms with Gasteiger partial charge in [-0.15, -0.1) is 0 Å². The molecule has 2 unspecified atom stereocenters. The Morgan fingerprint density at radius 1 is 1.10 bits per heavy atom. The number of hydrogen-bond donors (Lipinski definition) is 1. The Morgan fingerprint density at radius 3 is 2.57 bits per heavy atom. The highest BCUT2D eigenvalue weighted by Gasteiger charge is 2.26. The Labute approximate surface area is 133 Å². The maximum atomic E-state index is 3.79. The number of hydrogen-bond acceptors (Lipinski definition) is 3. The molecule has 2 aliphatic rings. The Morgan fingerprint density at radius 2 is 1.86 bits per heavy atom. The van der Waals surface area contributed by atoms with Crippen LogP contribution in [0.3, 0.4) is 0 Å². The van der Waals surface area contributed by atoms with Gasteiger partial charge in [-0.3, -0.25) is 0 Å². The largest absolute Gasteiger partial charge is 0.372 e. The lowest BCUT2D eigenvalue weighted by Gasteiger charge is -2.21. The first-order chi connectivity index (χ1) is 10.4. The minimum Gasteiger partial charge on any atom is -0.372 e. The maximum Gasteiger partial charge on any atom is 0.0366 e. The number of thioether (sulfide) groups is 1. The van der Waals surface area contributed by atoms with Gasteiger partial charge in [0.15, 0.2) is 0 Å². The number of rotatable bonds is 6. The van der Waals surface area contributed by atoms with Crippen molar-refractivity contribution in [2.45, 2.75) is 56.9 Å². The molecule has 0 amide bonds. The van der Waals surface area contributed by atoms with Crippen LogP contribution in [0.25, 0.3) is 0 Å². The molecule has 2 nitrogen and oxygen atoms in total. The number of benzene rings is 1. The van der Waals surface area contributed by atoms with E-state index in [0.717, 1.165) is 11.8 Å². The van der Waals surface area contributed by atoms with Crippen molar-refractivity contribution in [1.82, 2.24) is 5.32 Å². The number of nitrogens with zero attached hydrogens (tertiary/aromatic N) is 1. The second kappa shape index (κ2) is 7.55. The first kappa shape index (κ1) is 15.2. The summed E-state index contributed by atoms with van der Waals surface area (Å²) in [7, 11) is 0. The van der Waals surface area contributed by atoms with Crippen LogP contribution < -0.4 is 10.2 Å². The van der Waals surface area contributed by atoms with E-state index in [1.807, 2.05) is 0 Å². The first-order valence-electron chi connectivity index (χ1n) is 8.55. The van der Waals surface area contributed by atoms with Crippen molar-refractivity contribution in [3.8, 4) is 0 Å². The maximum absolute atomic E-state index is 3.79. The second-order valence-corrected chi connectivity index (χ2v) is 7.79. The van der Waals surface area contributed by atoms with Crippen LogP contribution in [0, 0.1) is 0 Å². The lowest BCUT2D eigenvalue weighted by Crippen LogP contribution is -2.33. The highest BCUT2D eigenvalue weighted by atomic mass is 32.2. The van der Waals surface area contributed by atoms with Gasteiger partial charge < -0.3 is 10.2 Å². The fourth-order valence-corrected chi connectivity index (χ4v) is 4.85. The molecule has 0 bridgehead atoms. The van der Waals surface area contributed by atoms with E-state index in [1.54, 1.807) is 0 Å². The van der Waals surface area contributed by atoms with Crippen LogP contribution in [0.5, 0.6) is 0 Å². The summed E-state index contributed by atoms with van der Waals surface area (Å²) in [6, 6.07) is 9.92. The molecule has 0 aromatic heterocycles.